The first-order chi connectivity index (χ1) is 10.3. The second-order valence-corrected chi connectivity index (χ2v) is 6.03. The van der Waals surface area contributed by atoms with E-state index < -0.39 is 12.1 Å². The third kappa shape index (κ3) is 8.80. The summed E-state index contributed by atoms with van der Waals surface area (Å²) in [4.78, 5) is 10.9. The lowest BCUT2D eigenvalue weighted by Gasteiger charge is -2.12. The monoisotopic (exact) mass is 309 g/mol. The minimum absolute atomic E-state index is 0.195. The number of carboxylic acids is 1. The molecular weight excluding hydrogens is 278 g/mol. The Morgan fingerprint density at radius 2 is 1.68 bits per heavy atom. The van der Waals surface area contributed by atoms with Crippen molar-refractivity contribution >= 4 is 5.97 Å². The van der Waals surface area contributed by atoms with E-state index in [0.717, 1.165) is 12.8 Å². The molecule has 4 nitrogen and oxygen atoms in total. The fourth-order valence-electron chi connectivity index (χ4n) is 2.20. The normalized spacial score (nSPS) is 12.0. The van der Waals surface area contributed by atoms with Gasteiger partial charge < -0.3 is 15.5 Å². The Morgan fingerprint density at radius 3 is 2.09 bits per heavy atom. The van der Waals surface area contributed by atoms with Crippen LogP contribution in [0.3, 0.4) is 0 Å². The Labute approximate surface area is 134 Å². The van der Waals surface area contributed by atoms with E-state index in [2.05, 4.69) is 33.0 Å². The molecule has 0 bridgehead atoms. The number of hydrogen-bond donors (Lipinski definition) is 3. The molecule has 3 N–H and O–H groups in total. The first-order valence-corrected chi connectivity index (χ1v) is 8.05. The van der Waals surface area contributed by atoms with Crippen molar-refractivity contribution in [3.63, 3.8) is 0 Å². The summed E-state index contributed by atoms with van der Waals surface area (Å²) in [5.41, 5.74) is 0.708. The van der Waals surface area contributed by atoms with Crippen molar-refractivity contribution in [3.05, 3.63) is 35.4 Å². The van der Waals surface area contributed by atoms with E-state index in [1.807, 2.05) is 6.92 Å². The minimum atomic E-state index is -0.985. The number of aliphatic hydroxyl groups is 1. The molecule has 0 aliphatic carbocycles. The van der Waals surface area contributed by atoms with Crippen molar-refractivity contribution in [1.82, 2.24) is 5.32 Å². The average molecular weight is 309 g/mol. The predicted molar refractivity (Wildman–Crippen MR) is 91.3 cm³/mol. The smallest absolute Gasteiger partial charge is 0.336 e. The molecule has 0 radical (unpaired) electrons. The standard InChI is InChI=1S/C12H16O3.C6H15N/c1-2-3-8-11(13)9-6-4-5-7-10(9)12(14)15;1-5(2)7-6(3)4/h4-7,11,13H,2-3,8H2,1H3,(H,14,15);5-7H,1-4H3. The summed E-state index contributed by atoms with van der Waals surface area (Å²) >= 11 is 0. The van der Waals surface area contributed by atoms with Crippen LogP contribution >= 0.6 is 0 Å². The Bertz CT molecular complexity index is 424. The minimum Gasteiger partial charge on any atom is -0.478 e. The summed E-state index contributed by atoms with van der Waals surface area (Å²) in [5.74, 6) is -0.985. The van der Waals surface area contributed by atoms with Crippen LogP contribution in [0.2, 0.25) is 0 Å². The third-order valence-corrected chi connectivity index (χ3v) is 3.05. The van der Waals surface area contributed by atoms with Crippen LogP contribution in [0, 0.1) is 0 Å². The molecule has 1 unspecified atom stereocenters. The van der Waals surface area contributed by atoms with Gasteiger partial charge >= 0.3 is 5.97 Å². The highest BCUT2D eigenvalue weighted by Gasteiger charge is 2.15. The number of rotatable bonds is 7. The van der Waals surface area contributed by atoms with E-state index in [-0.39, 0.29) is 5.56 Å². The molecule has 4 heteroatoms. The topological polar surface area (TPSA) is 69.6 Å². The third-order valence-electron chi connectivity index (χ3n) is 3.05. The Hall–Kier alpha value is -1.39. The maximum atomic E-state index is 10.9. The van der Waals surface area contributed by atoms with Gasteiger partial charge in [0.1, 0.15) is 0 Å². The molecular formula is C18H31NO3. The molecule has 1 rings (SSSR count). The maximum Gasteiger partial charge on any atom is 0.336 e. The van der Waals surface area contributed by atoms with Crippen LogP contribution in [0.4, 0.5) is 0 Å². The SMILES string of the molecule is CC(C)NC(C)C.CCCCC(O)c1ccccc1C(=O)O. The van der Waals surface area contributed by atoms with Crippen molar-refractivity contribution in [1.29, 1.82) is 0 Å². The highest BCUT2D eigenvalue weighted by molar-refractivity contribution is 5.89. The number of carboxylic acid groups (broad SMARTS) is 1. The quantitative estimate of drug-likeness (QED) is 0.712. The second kappa shape index (κ2) is 11.2. The summed E-state index contributed by atoms with van der Waals surface area (Å²) in [6.45, 7) is 10.6. The van der Waals surface area contributed by atoms with E-state index in [9.17, 15) is 9.90 Å². The van der Waals surface area contributed by atoms with Crippen LogP contribution in [-0.4, -0.2) is 28.3 Å². The van der Waals surface area contributed by atoms with Gasteiger partial charge in [-0.05, 0) is 18.1 Å². The van der Waals surface area contributed by atoms with Crippen LogP contribution in [0.15, 0.2) is 24.3 Å². The molecule has 0 saturated heterocycles. The van der Waals surface area contributed by atoms with Gasteiger partial charge in [0.15, 0.2) is 0 Å². The van der Waals surface area contributed by atoms with Crippen LogP contribution in [-0.2, 0) is 0 Å². The van der Waals surface area contributed by atoms with E-state index in [4.69, 9.17) is 5.11 Å². The van der Waals surface area contributed by atoms with Gasteiger partial charge in [-0.1, -0.05) is 65.7 Å². The lowest BCUT2D eigenvalue weighted by Crippen LogP contribution is -2.29. The number of unbranched alkanes of at least 4 members (excludes halogenated alkanes) is 1. The fraction of sp³-hybridized carbons (Fsp3) is 0.611. The molecule has 0 fully saturated rings. The molecule has 0 spiro atoms. The van der Waals surface area contributed by atoms with Gasteiger partial charge in [-0.15, -0.1) is 0 Å². The van der Waals surface area contributed by atoms with Crippen LogP contribution in [0.5, 0.6) is 0 Å². The van der Waals surface area contributed by atoms with Crippen molar-refractivity contribution in [2.45, 2.75) is 72.1 Å². The first kappa shape index (κ1) is 20.6. The summed E-state index contributed by atoms with van der Waals surface area (Å²) in [6, 6.07) is 7.85. The summed E-state index contributed by atoms with van der Waals surface area (Å²) in [7, 11) is 0. The number of nitrogens with one attached hydrogen (secondary N) is 1. The van der Waals surface area contributed by atoms with Gasteiger partial charge in [-0.3, -0.25) is 0 Å². The van der Waals surface area contributed by atoms with Crippen molar-refractivity contribution < 1.29 is 15.0 Å². The first-order valence-electron chi connectivity index (χ1n) is 8.05. The molecule has 0 aromatic heterocycles. The zero-order valence-corrected chi connectivity index (χ0v) is 14.5. The number of aromatic carboxylic acids is 1. The zero-order valence-electron chi connectivity index (χ0n) is 14.5. The zero-order chi connectivity index (χ0) is 17.1. The van der Waals surface area contributed by atoms with Crippen LogP contribution in [0.25, 0.3) is 0 Å². The average Bonchev–Trinajstić information content (AvgIpc) is 2.43. The van der Waals surface area contributed by atoms with Crippen molar-refractivity contribution in [2.24, 2.45) is 0 Å². The molecule has 22 heavy (non-hydrogen) atoms. The van der Waals surface area contributed by atoms with E-state index in [1.165, 1.54) is 6.07 Å². The highest BCUT2D eigenvalue weighted by atomic mass is 16.4. The largest absolute Gasteiger partial charge is 0.478 e. The van der Waals surface area contributed by atoms with E-state index >= 15 is 0 Å². The van der Waals surface area contributed by atoms with Gasteiger partial charge in [-0.25, -0.2) is 4.79 Å². The van der Waals surface area contributed by atoms with Gasteiger partial charge in [0.2, 0.25) is 0 Å². The molecule has 126 valence electrons. The van der Waals surface area contributed by atoms with Gasteiger partial charge in [0.05, 0.1) is 11.7 Å². The second-order valence-electron chi connectivity index (χ2n) is 6.03. The molecule has 0 saturated carbocycles. The molecule has 0 aliphatic heterocycles. The maximum absolute atomic E-state index is 10.9. The molecule has 1 atom stereocenters. The molecule has 1 aromatic carbocycles. The van der Waals surface area contributed by atoms with Gasteiger partial charge in [0.25, 0.3) is 0 Å². The Morgan fingerprint density at radius 1 is 1.14 bits per heavy atom. The van der Waals surface area contributed by atoms with Crippen molar-refractivity contribution in [3.8, 4) is 0 Å². The summed E-state index contributed by atoms with van der Waals surface area (Å²) in [5, 5.41) is 22.1. The number of benzene rings is 1. The lowest BCUT2D eigenvalue weighted by atomic mass is 9.99. The number of carbonyl (C=O) groups is 1. The van der Waals surface area contributed by atoms with Crippen molar-refractivity contribution in [2.75, 3.05) is 0 Å². The van der Waals surface area contributed by atoms with Gasteiger partial charge in [-0.2, -0.15) is 0 Å². The fourth-order valence-corrected chi connectivity index (χ4v) is 2.20. The van der Waals surface area contributed by atoms with Crippen LogP contribution < -0.4 is 5.32 Å². The summed E-state index contributed by atoms with van der Waals surface area (Å²) in [6.07, 6.45) is 1.83. The van der Waals surface area contributed by atoms with E-state index in [0.29, 0.717) is 24.1 Å². The van der Waals surface area contributed by atoms with Crippen LogP contribution in [0.1, 0.15) is 75.9 Å². The predicted octanol–water partition coefficient (Wildman–Crippen LogP) is 4.00. The highest BCUT2D eigenvalue weighted by Crippen LogP contribution is 2.22. The number of hydrogen-bond acceptors (Lipinski definition) is 3. The summed E-state index contributed by atoms with van der Waals surface area (Å²) < 4.78 is 0. The van der Waals surface area contributed by atoms with E-state index in [1.54, 1.807) is 18.2 Å². The molecule has 1 aromatic rings. The molecule has 0 aliphatic rings. The lowest BCUT2D eigenvalue weighted by molar-refractivity contribution is 0.0688. The van der Waals surface area contributed by atoms with Gasteiger partial charge in [0, 0.05) is 12.1 Å². The Balaban J connectivity index is 0.000000534. The molecule has 0 heterocycles. The number of aliphatic hydroxyl groups excluding tert-OH is 1. The Kier molecular flexibility index (Phi) is 10.5. The molecule has 0 amide bonds.